The molecule has 2 aromatic heterocycles. The molecule has 78 heavy (non-hydrogen) atoms. The largest absolute Gasteiger partial charge is 0.368 e. The zero-order valence-corrected chi connectivity index (χ0v) is 45.0. The number of benzene rings is 3. The average molecular weight is 1120 g/mol. The van der Waals surface area contributed by atoms with Gasteiger partial charge in [-0.2, -0.15) is 25.3 Å². The summed E-state index contributed by atoms with van der Waals surface area (Å²) in [6.45, 7) is 3.56. The summed E-state index contributed by atoms with van der Waals surface area (Å²) in [5.41, 5.74) is 20.6. The van der Waals surface area contributed by atoms with Crippen LogP contribution in [-0.4, -0.2) is 124 Å². The molecule has 0 fully saturated rings. The van der Waals surface area contributed by atoms with Crippen LogP contribution < -0.4 is 54.4 Å². The highest BCUT2D eigenvalue weighted by Gasteiger charge is 2.35. The molecule has 0 saturated carbocycles. The second-order valence-corrected chi connectivity index (χ2v) is 19.8. The third-order valence-electron chi connectivity index (χ3n) is 12.7. The van der Waals surface area contributed by atoms with Crippen molar-refractivity contribution < 1.29 is 47.1 Å². The normalized spacial score (nSPS) is 14.3. The summed E-state index contributed by atoms with van der Waals surface area (Å²) in [5.74, 6) is -8.33. The first-order valence-electron chi connectivity index (χ1n) is 25.3. The molecule has 0 radical (unpaired) electrons. The van der Waals surface area contributed by atoms with Crippen molar-refractivity contribution in [1.29, 1.82) is 0 Å². The van der Waals surface area contributed by atoms with E-state index in [1.54, 1.807) is 38.2 Å². The molecule has 5 rings (SSSR count). The van der Waals surface area contributed by atoms with Crippen molar-refractivity contribution in [1.82, 2.24) is 47.2 Å². The Labute approximate surface area is 461 Å². The smallest absolute Gasteiger partial charge is 0.244 e. The van der Waals surface area contributed by atoms with Gasteiger partial charge in [-0.1, -0.05) is 62.4 Å². The molecule has 8 atom stereocenters. The lowest BCUT2D eigenvalue weighted by Crippen LogP contribution is -2.61. The van der Waals surface area contributed by atoms with Crippen LogP contribution in [0.3, 0.4) is 0 Å². The summed E-state index contributed by atoms with van der Waals surface area (Å²) in [4.78, 5) is 118. The number of unbranched alkanes of at least 4 members (excludes halogenated alkanes) is 1. The summed E-state index contributed by atoms with van der Waals surface area (Å²) in [6.07, 6.45) is 5.29. The number of carbonyl (C=O) groups excluding carboxylic acids is 8. The molecule has 8 amide bonds. The zero-order valence-electron chi connectivity index (χ0n) is 43.2. The van der Waals surface area contributed by atoms with Gasteiger partial charge in [-0.15, -0.1) is 0 Å². The van der Waals surface area contributed by atoms with Crippen LogP contribution in [0.5, 0.6) is 0 Å². The molecule has 0 aliphatic carbocycles. The van der Waals surface area contributed by atoms with E-state index in [2.05, 4.69) is 72.4 Å². The Bertz CT molecular complexity index is 2830. The molecule has 0 saturated heterocycles. The molecular formula is C54H68F2N12O8S2. The number of H-pyrrole nitrogens is 1. The molecule has 0 unspecified atom stereocenters. The van der Waals surface area contributed by atoms with E-state index in [0.29, 0.717) is 35.1 Å². The maximum Gasteiger partial charge on any atom is 0.244 e. The van der Waals surface area contributed by atoms with Crippen molar-refractivity contribution in [3.05, 3.63) is 137 Å². The number of aromatic nitrogens is 2. The fraction of sp³-hybridized carbons (Fsp3) is 0.389. The van der Waals surface area contributed by atoms with Gasteiger partial charge in [0.15, 0.2) is 0 Å². The molecule has 14 N–H and O–H groups in total. The van der Waals surface area contributed by atoms with Crippen LogP contribution in [0.1, 0.15) is 55.4 Å². The molecule has 0 bridgehead atoms. The second kappa shape index (κ2) is 30.5. The summed E-state index contributed by atoms with van der Waals surface area (Å²) in [7, 11) is 0. The van der Waals surface area contributed by atoms with Crippen LogP contribution in [0.25, 0.3) is 10.9 Å². The average Bonchev–Trinajstić information content (AvgIpc) is 3.84. The fourth-order valence-electron chi connectivity index (χ4n) is 8.31. The minimum Gasteiger partial charge on any atom is -0.368 e. The first kappa shape index (κ1) is 61.4. The number of hydrogen-bond donors (Lipinski definition) is 13. The van der Waals surface area contributed by atoms with Crippen LogP contribution in [0.2, 0.25) is 0 Å². The second-order valence-electron chi connectivity index (χ2n) is 19.0. The summed E-state index contributed by atoms with van der Waals surface area (Å²) in [5, 5.41) is 19.4. The Hall–Kier alpha value is -7.41. The lowest BCUT2D eigenvalue weighted by Gasteiger charge is -2.29. The molecule has 5 aromatic rings. The van der Waals surface area contributed by atoms with Crippen LogP contribution in [0, 0.1) is 17.6 Å². The number of aromatic amines is 1. The van der Waals surface area contributed by atoms with Gasteiger partial charge in [0, 0.05) is 60.3 Å². The van der Waals surface area contributed by atoms with Crippen molar-refractivity contribution in [2.75, 3.05) is 18.1 Å². The number of primary amides is 1. The Morgan fingerprint density at radius 1 is 0.564 bits per heavy atom. The van der Waals surface area contributed by atoms with E-state index in [-0.39, 0.29) is 50.2 Å². The number of nitrogens with one attached hydrogen (secondary N) is 8. The van der Waals surface area contributed by atoms with Gasteiger partial charge in [-0.05, 0) is 96.8 Å². The van der Waals surface area contributed by atoms with Crippen molar-refractivity contribution in [3.8, 4) is 0 Å². The van der Waals surface area contributed by atoms with E-state index < -0.39 is 113 Å². The van der Waals surface area contributed by atoms with Crippen molar-refractivity contribution in [2.24, 2.45) is 23.1 Å². The number of thiol groups is 2. The van der Waals surface area contributed by atoms with E-state index in [1.807, 2.05) is 18.2 Å². The fourth-order valence-corrected chi connectivity index (χ4v) is 8.82. The molecule has 418 valence electrons. The Balaban J connectivity index is 1.36. The monoisotopic (exact) mass is 1110 g/mol. The topological polar surface area (TPSA) is 328 Å². The molecule has 20 nitrogen and oxygen atoms in total. The zero-order chi connectivity index (χ0) is 56.9. The highest BCUT2D eigenvalue weighted by Crippen LogP contribution is 2.20. The third-order valence-corrected chi connectivity index (χ3v) is 13.4. The van der Waals surface area contributed by atoms with Crippen LogP contribution in [0.4, 0.5) is 8.78 Å². The van der Waals surface area contributed by atoms with Gasteiger partial charge in [0.1, 0.15) is 53.9 Å². The molecule has 0 aliphatic heterocycles. The number of para-hydroxylation sites is 1. The van der Waals surface area contributed by atoms with Gasteiger partial charge in [-0.25, -0.2) is 8.78 Å². The minimum absolute atomic E-state index is 0.0308. The summed E-state index contributed by atoms with van der Waals surface area (Å²) in [6, 6.07) is 11.0. The van der Waals surface area contributed by atoms with Crippen LogP contribution in [-0.2, 0) is 64.0 Å². The Morgan fingerprint density at radius 3 is 1.62 bits per heavy atom. The number of rotatable bonds is 30. The lowest BCUT2D eigenvalue weighted by molar-refractivity contribution is -0.136. The Kier molecular flexibility index (Phi) is 24.0. The molecule has 3 aromatic carbocycles. The predicted octanol–water partition coefficient (Wildman–Crippen LogP) is 0.963. The van der Waals surface area contributed by atoms with Gasteiger partial charge >= 0.3 is 0 Å². The molecule has 24 heteroatoms. The third kappa shape index (κ3) is 18.7. The Morgan fingerprint density at radius 2 is 1.06 bits per heavy atom. The maximum absolute atomic E-state index is 14.8. The van der Waals surface area contributed by atoms with Crippen LogP contribution >= 0.6 is 25.3 Å². The quantitative estimate of drug-likeness (QED) is 0.0227. The molecule has 0 spiro atoms. The number of hydrogen-bond acceptors (Lipinski definition) is 13. The number of nitrogens with zero attached hydrogens (tertiary/aromatic N) is 1. The maximum atomic E-state index is 14.8. The van der Waals surface area contributed by atoms with E-state index in [1.165, 1.54) is 60.9 Å². The van der Waals surface area contributed by atoms with Gasteiger partial charge in [0.05, 0.1) is 6.04 Å². The highest BCUT2D eigenvalue weighted by molar-refractivity contribution is 7.80. The molecular weight excluding hydrogens is 1050 g/mol. The molecule has 0 aliphatic rings. The molecule has 2 heterocycles. The van der Waals surface area contributed by atoms with Crippen molar-refractivity contribution >= 4 is 83.4 Å². The summed E-state index contributed by atoms with van der Waals surface area (Å²) < 4.78 is 27.1. The minimum atomic E-state index is -1.40. The van der Waals surface area contributed by atoms with E-state index in [0.717, 1.165) is 10.9 Å². The van der Waals surface area contributed by atoms with Crippen LogP contribution in [0.15, 0.2) is 104 Å². The first-order chi connectivity index (χ1) is 37.3. The van der Waals surface area contributed by atoms with Gasteiger partial charge in [0.2, 0.25) is 47.3 Å². The van der Waals surface area contributed by atoms with Gasteiger partial charge < -0.3 is 59.4 Å². The number of halogens is 2. The predicted molar refractivity (Wildman–Crippen MR) is 296 cm³/mol. The number of amides is 8. The standard InChI is InChI=1S/C54H68F2N12O8S2/c1-30(2)46(54(76)67-45(29-78)52(74)63-41(47(59)69)23-32-14-18-36(56)19-15-32)68-49(71)40(11-5-6-20-57)62-51(73)43(25-34-27-61-39-10-4-3-9-37(34)39)65-50(72)42(24-33-8-7-21-60-26-33)64-53(75)44(28-77)66-48(70)38(58)22-31-12-16-35(55)17-13-31/h3-4,7-10,12-19,21,26-27,30,38,40-46,61,77-78H,5-6,11,20,22-25,28-29,57-58H2,1-2H3,(H2,59,69)(H,62,73)(H,63,74)(H,64,75)(H,65,72)(H,66,70)(H,67,76)(H,68,71)/t38-,40-,41-,42-,43+,44+,45-,46-/m0/s1. The first-order valence-corrected chi connectivity index (χ1v) is 26.6. The van der Waals surface area contributed by atoms with E-state index in [9.17, 15) is 47.1 Å². The van der Waals surface area contributed by atoms with E-state index in [4.69, 9.17) is 17.2 Å². The summed E-state index contributed by atoms with van der Waals surface area (Å²) >= 11 is 8.55. The highest BCUT2D eigenvalue weighted by atomic mass is 32.1. The number of carbonyl (C=O) groups is 8. The van der Waals surface area contributed by atoms with Gasteiger partial charge in [0.25, 0.3) is 0 Å². The van der Waals surface area contributed by atoms with Crippen molar-refractivity contribution in [3.63, 3.8) is 0 Å². The van der Waals surface area contributed by atoms with Crippen molar-refractivity contribution in [2.45, 2.75) is 107 Å². The number of fused-ring (bicyclic) bond motifs is 1. The SMILES string of the molecule is CC(C)[C@H](NC(=O)[C@H](CCCCN)NC(=O)[C@@H](Cc1c[nH]c2ccccc12)NC(=O)[C@H](Cc1cccnc1)NC(=O)[C@@H](CS)NC(=O)[C@@H](N)Cc1ccc(F)cc1)C(=O)N[C@@H](CS)C(=O)N[C@@H](Cc1ccc(F)cc1)C(N)=O. The number of pyridine rings is 1. The number of nitrogens with two attached hydrogens (primary N) is 3. The lowest BCUT2D eigenvalue weighted by atomic mass is 10.00. The van der Waals surface area contributed by atoms with E-state index >= 15 is 0 Å². The van der Waals surface area contributed by atoms with Gasteiger partial charge in [-0.3, -0.25) is 43.3 Å².